The summed E-state index contributed by atoms with van der Waals surface area (Å²) < 4.78 is 0. The van der Waals surface area contributed by atoms with Crippen molar-refractivity contribution in [3.8, 4) is 0 Å². The van der Waals surface area contributed by atoms with Crippen LogP contribution < -0.4 is 5.32 Å². The van der Waals surface area contributed by atoms with Crippen molar-refractivity contribution in [3.63, 3.8) is 0 Å². The molecule has 0 bridgehead atoms. The highest BCUT2D eigenvalue weighted by Crippen LogP contribution is 2.13. The van der Waals surface area contributed by atoms with E-state index in [1.54, 1.807) is 0 Å². The zero-order chi connectivity index (χ0) is 6.91. The Morgan fingerprint density at radius 2 is 2.11 bits per heavy atom. The first-order valence-corrected chi connectivity index (χ1v) is 3.22. The van der Waals surface area contributed by atoms with Gasteiger partial charge in [-0.3, -0.25) is 0 Å². The highest BCUT2D eigenvalue weighted by Gasteiger charge is 2.30. The largest absolute Gasteiger partial charge is 0.383 e. The van der Waals surface area contributed by atoms with E-state index in [9.17, 15) is 5.11 Å². The molecule has 0 saturated carbocycles. The quantitative estimate of drug-likeness (QED) is 0.496. The molecule has 1 heterocycles. The first-order chi connectivity index (χ1) is 4.12. The van der Waals surface area contributed by atoms with Crippen LogP contribution in [0.25, 0.3) is 0 Å². The Morgan fingerprint density at radius 1 is 1.56 bits per heavy atom. The smallest absolute Gasteiger partial charge is 0.108 e. The topological polar surface area (TPSA) is 32.3 Å². The molecule has 1 aliphatic rings. The number of hydrogen-bond acceptors (Lipinski definition) is 2. The van der Waals surface area contributed by atoms with E-state index in [0.717, 1.165) is 0 Å². The van der Waals surface area contributed by atoms with Gasteiger partial charge in [0.25, 0.3) is 0 Å². The molecule has 2 nitrogen and oxygen atoms in total. The summed E-state index contributed by atoms with van der Waals surface area (Å²) in [7, 11) is 0. The monoisotopic (exact) mass is 127 g/mol. The summed E-state index contributed by atoms with van der Waals surface area (Å²) in [6, 6.07) is 0. The molecule has 1 aliphatic heterocycles. The van der Waals surface area contributed by atoms with Crippen LogP contribution in [0, 0.1) is 0 Å². The van der Waals surface area contributed by atoms with E-state index in [0.29, 0.717) is 13.1 Å². The van der Waals surface area contributed by atoms with Gasteiger partial charge < -0.3 is 10.4 Å². The summed E-state index contributed by atoms with van der Waals surface area (Å²) in [6.45, 7) is 5.41. The molecule has 9 heavy (non-hydrogen) atoms. The molecule has 2 N–H and O–H groups in total. The van der Waals surface area contributed by atoms with Gasteiger partial charge in [0.2, 0.25) is 0 Å². The van der Waals surface area contributed by atoms with E-state index < -0.39 is 5.60 Å². The van der Waals surface area contributed by atoms with E-state index in [-0.39, 0.29) is 0 Å². The molecular formula is C7H13NO. The molecule has 0 spiro atoms. The molecule has 0 atom stereocenters. The fourth-order valence-electron chi connectivity index (χ4n) is 1.02. The van der Waals surface area contributed by atoms with Gasteiger partial charge in [-0.2, -0.15) is 0 Å². The maximum Gasteiger partial charge on any atom is 0.108 e. The van der Waals surface area contributed by atoms with Gasteiger partial charge in [-0.1, -0.05) is 11.6 Å². The number of aliphatic hydroxyl groups is 1. The lowest BCUT2D eigenvalue weighted by Crippen LogP contribution is -2.58. The third-order valence-electron chi connectivity index (χ3n) is 1.42. The zero-order valence-electron chi connectivity index (χ0n) is 5.94. The molecule has 1 fully saturated rings. The van der Waals surface area contributed by atoms with Crippen LogP contribution in [0.4, 0.5) is 0 Å². The van der Waals surface area contributed by atoms with Crippen LogP contribution in [0.1, 0.15) is 13.8 Å². The lowest BCUT2D eigenvalue weighted by atomic mass is 9.95. The lowest BCUT2D eigenvalue weighted by molar-refractivity contribution is 0.0369. The number of allylic oxidation sites excluding steroid dienone is 1. The fourth-order valence-corrected chi connectivity index (χ4v) is 1.02. The zero-order valence-corrected chi connectivity index (χ0v) is 5.94. The van der Waals surface area contributed by atoms with Crippen LogP contribution in [0.3, 0.4) is 0 Å². The van der Waals surface area contributed by atoms with Gasteiger partial charge in [0.15, 0.2) is 0 Å². The molecule has 0 aliphatic carbocycles. The minimum absolute atomic E-state index is 0.529. The van der Waals surface area contributed by atoms with Crippen molar-refractivity contribution < 1.29 is 5.11 Å². The Morgan fingerprint density at radius 3 is 2.22 bits per heavy atom. The average molecular weight is 127 g/mol. The van der Waals surface area contributed by atoms with Crippen molar-refractivity contribution in [2.75, 3.05) is 13.1 Å². The van der Waals surface area contributed by atoms with Crippen LogP contribution in [-0.4, -0.2) is 23.8 Å². The minimum Gasteiger partial charge on any atom is -0.383 e. The summed E-state index contributed by atoms with van der Waals surface area (Å²) in [6.07, 6.45) is 1.91. The Labute approximate surface area is 55.6 Å². The molecule has 0 aromatic rings. The van der Waals surface area contributed by atoms with Gasteiger partial charge in [0, 0.05) is 13.1 Å². The number of rotatable bonds is 1. The highest BCUT2D eigenvalue weighted by molar-refractivity contribution is 5.13. The predicted octanol–water partition coefficient (Wildman–Crippen LogP) is 0.287. The summed E-state index contributed by atoms with van der Waals surface area (Å²) >= 11 is 0. The summed E-state index contributed by atoms with van der Waals surface area (Å²) in [5.41, 5.74) is 0.651. The van der Waals surface area contributed by atoms with Gasteiger partial charge in [-0.25, -0.2) is 0 Å². The van der Waals surface area contributed by atoms with Crippen molar-refractivity contribution in [3.05, 3.63) is 11.6 Å². The van der Waals surface area contributed by atoms with E-state index >= 15 is 0 Å². The van der Waals surface area contributed by atoms with E-state index in [1.807, 2.05) is 19.9 Å². The second-order valence-electron chi connectivity index (χ2n) is 2.93. The second kappa shape index (κ2) is 2.12. The Bertz CT molecular complexity index is 132. The van der Waals surface area contributed by atoms with E-state index in [2.05, 4.69) is 5.32 Å². The Hall–Kier alpha value is -0.340. The predicted molar refractivity (Wildman–Crippen MR) is 37.3 cm³/mol. The van der Waals surface area contributed by atoms with Crippen LogP contribution in [0.5, 0.6) is 0 Å². The molecule has 0 unspecified atom stereocenters. The van der Waals surface area contributed by atoms with E-state index in [1.165, 1.54) is 5.57 Å². The number of β-amino-alcohol motifs (C(OH)–C–C–N with tert-alkyl or cyclic N) is 1. The van der Waals surface area contributed by atoms with Gasteiger partial charge in [-0.05, 0) is 13.8 Å². The molecule has 0 aromatic heterocycles. The number of hydrogen-bond donors (Lipinski definition) is 2. The molecule has 0 radical (unpaired) electrons. The fraction of sp³-hybridized carbons (Fsp3) is 0.714. The lowest BCUT2D eigenvalue weighted by Gasteiger charge is -2.35. The normalized spacial score (nSPS) is 22.6. The molecule has 0 aromatic carbocycles. The standard InChI is InChI=1S/C7H13NO/c1-6(2)3-7(9)4-8-5-7/h3,8-9H,4-5H2,1-2H3. The Kier molecular flexibility index (Phi) is 1.60. The van der Waals surface area contributed by atoms with Crippen LogP contribution in [0.2, 0.25) is 0 Å². The van der Waals surface area contributed by atoms with E-state index in [4.69, 9.17) is 0 Å². The molecule has 1 rings (SSSR count). The van der Waals surface area contributed by atoms with Gasteiger partial charge in [-0.15, -0.1) is 0 Å². The van der Waals surface area contributed by atoms with Crippen LogP contribution in [-0.2, 0) is 0 Å². The second-order valence-corrected chi connectivity index (χ2v) is 2.93. The van der Waals surface area contributed by atoms with Crippen molar-refractivity contribution in [1.82, 2.24) is 5.32 Å². The third-order valence-corrected chi connectivity index (χ3v) is 1.42. The molecular weight excluding hydrogens is 114 g/mol. The molecule has 0 amide bonds. The van der Waals surface area contributed by atoms with Crippen molar-refractivity contribution >= 4 is 0 Å². The first kappa shape index (κ1) is 6.78. The minimum atomic E-state index is -0.529. The third kappa shape index (κ3) is 1.53. The molecule has 1 saturated heterocycles. The Balaban J connectivity index is 2.51. The average Bonchev–Trinajstić information content (AvgIpc) is 1.60. The van der Waals surface area contributed by atoms with Gasteiger partial charge in [0.05, 0.1) is 0 Å². The van der Waals surface area contributed by atoms with Crippen molar-refractivity contribution in [1.29, 1.82) is 0 Å². The first-order valence-electron chi connectivity index (χ1n) is 3.22. The maximum atomic E-state index is 9.44. The van der Waals surface area contributed by atoms with Crippen molar-refractivity contribution in [2.45, 2.75) is 19.4 Å². The maximum absolute atomic E-state index is 9.44. The summed E-state index contributed by atoms with van der Waals surface area (Å²) in [4.78, 5) is 0. The number of nitrogens with one attached hydrogen (secondary N) is 1. The molecule has 2 heteroatoms. The summed E-state index contributed by atoms with van der Waals surface area (Å²) in [5.74, 6) is 0. The SMILES string of the molecule is CC(C)=CC1(O)CNC1. The molecule has 52 valence electrons. The van der Waals surface area contributed by atoms with Gasteiger partial charge >= 0.3 is 0 Å². The van der Waals surface area contributed by atoms with Crippen LogP contribution in [0.15, 0.2) is 11.6 Å². The van der Waals surface area contributed by atoms with Crippen LogP contribution >= 0.6 is 0 Å². The van der Waals surface area contributed by atoms with Crippen molar-refractivity contribution in [2.24, 2.45) is 0 Å². The summed E-state index contributed by atoms with van der Waals surface area (Å²) in [5, 5.41) is 12.5. The van der Waals surface area contributed by atoms with Gasteiger partial charge in [0.1, 0.15) is 5.60 Å². The highest BCUT2D eigenvalue weighted by atomic mass is 16.3.